The predicted molar refractivity (Wildman–Crippen MR) is 57.6 cm³/mol. The number of rotatable bonds is 3. The van der Waals surface area contributed by atoms with Crippen molar-refractivity contribution in [3.8, 4) is 0 Å². The van der Waals surface area contributed by atoms with Crippen LogP contribution < -0.4 is 0 Å². The Kier molecular flexibility index (Phi) is 2.73. The lowest BCUT2D eigenvalue weighted by Gasteiger charge is -2.42. The zero-order valence-electron chi connectivity index (χ0n) is 8.76. The number of hydrogen-bond acceptors (Lipinski definition) is 2. The fraction of sp³-hybridized carbons (Fsp3) is 0.417. The summed E-state index contributed by atoms with van der Waals surface area (Å²) in [5.74, 6) is -0.705. The standard InChI is InChI=1S/C12H15NO2/c1-9(10-5-3-2-4-6-10)13-8-7-11(13)12(14)15/h2-6,9,11H,7-8H2,1H3,(H,14,15)/t9-,11-/m1/s1. The van der Waals surface area contributed by atoms with E-state index in [1.165, 1.54) is 5.56 Å². The summed E-state index contributed by atoms with van der Waals surface area (Å²) in [6.45, 7) is 2.94. The van der Waals surface area contributed by atoms with Crippen LogP contribution in [0.3, 0.4) is 0 Å². The second-order valence-corrected chi connectivity index (χ2v) is 3.97. The third-order valence-corrected chi connectivity index (χ3v) is 3.13. The zero-order valence-corrected chi connectivity index (χ0v) is 8.76. The molecular weight excluding hydrogens is 190 g/mol. The first-order valence-corrected chi connectivity index (χ1v) is 5.23. The van der Waals surface area contributed by atoms with Gasteiger partial charge in [-0.15, -0.1) is 0 Å². The smallest absolute Gasteiger partial charge is 0.320 e. The van der Waals surface area contributed by atoms with E-state index in [9.17, 15) is 4.79 Å². The maximum Gasteiger partial charge on any atom is 0.320 e. The molecule has 0 saturated carbocycles. The molecule has 1 aromatic rings. The Morgan fingerprint density at radius 3 is 2.60 bits per heavy atom. The molecule has 0 aliphatic carbocycles. The Morgan fingerprint density at radius 1 is 1.47 bits per heavy atom. The van der Waals surface area contributed by atoms with Crippen LogP contribution in [0.4, 0.5) is 0 Å². The van der Waals surface area contributed by atoms with Crippen molar-refractivity contribution in [2.75, 3.05) is 6.54 Å². The molecule has 2 atom stereocenters. The number of carboxylic acid groups (broad SMARTS) is 1. The Labute approximate surface area is 89.3 Å². The fourth-order valence-electron chi connectivity index (χ4n) is 2.06. The van der Waals surface area contributed by atoms with Crippen molar-refractivity contribution in [3.05, 3.63) is 35.9 Å². The van der Waals surface area contributed by atoms with Gasteiger partial charge >= 0.3 is 5.97 Å². The summed E-state index contributed by atoms with van der Waals surface area (Å²) < 4.78 is 0. The number of hydrogen-bond donors (Lipinski definition) is 1. The second kappa shape index (κ2) is 4.03. The van der Waals surface area contributed by atoms with E-state index < -0.39 is 5.97 Å². The Balaban J connectivity index is 2.09. The highest BCUT2D eigenvalue weighted by Crippen LogP contribution is 2.29. The molecule has 1 saturated heterocycles. The first-order valence-electron chi connectivity index (χ1n) is 5.23. The summed E-state index contributed by atoms with van der Waals surface area (Å²) in [5.41, 5.74) is 1.18. The van der Waals surface area contributed by atoms with Crippen molar-refractivity contribution in [2.24, 2.45) is 0 Å². The summed E-state index contributed by atoms with van der Waals surface area (Å²) in [4.78, 5) is 12.9. The highest BCUT2D eigenvalue weighted by Gasteiger charge is 2.37. The van der Waals surface area contributed by atoms with Crippen LogP contribution in [0.25, 0.3) is 0 Å². The van der Waals surface area contributed by atoms with E-state index in [1.807, 2.05) is 35.2 Å². The number of nitrogens with zero attached hydrogens (tertiary/aromatic N) is 1. The molecule has 1 aromatic carbocycles. The summed E-state index contributed by atoms with van der Waals surface area (Å²) in [5, 5.41) is 8.96. The van der Waals surface area contributed by atoms with E-state index in [0.29, 0.717) is 0 Å². The highest BCUT2D eigenvalue weighted by molar-refractivity contribution is 5.74. The van der Waals surface area contributed by atoms with Gasteiger partial charge in [0.25, 0.3) is 0 Å². The topological polar surface area (TPSA) is 40.5 Å². The number of benzene rings is 1. The van der Waals surface area contributed by atoms with Crippen LogP contribution in [0.1, 0.15) is 24.9 Å². The average molecular weight is 205 g/mol. The van der Waals surface area contributed by atoms with Crippen LogP contribution >= 0.6 is 0 Å². The van der Waals surface area contributed by atoms with Crippen LogP contribution in [0.15, 0.2) is 30.3 Å². The van der Waals surface area contributed by atoms with Gasteiger partial charge in [-0.2, -0.15) is 0 Å². The van der Waals surface area contributed by atoms with Gasteiger partial charge < -0.3 is 5.11 Å². The molecule has 1 aliphatic rings. The summed E-state index contributed by atoms with van der Waals surface area (Å²) in [6.07, 6.45) is 0.770. The van der Waals surface area contributed by atoms with Crippen molar-refractivity contribution in [2.45, 2.75) is 25.4 Å². The van der Waals surface area contributed by atoms with Gasteiger partial charge in [0.2, 0.25) is 0 Å². The minimum atomic E-state index is -0.705. The van der Waals surface area contributed by atoms with Gasteiger partial charge in [-0.3, -0.25) is 9.69 Å². The largest absolute Gasteiger partial charge is 0.480 e. The molecule has 0 aromatic heterocycles. The SMILES string of the molecule is C[C@H](c1ccccc1)N1CC[C@@H]1C(=O)O. The molecule has 1 N–H and O–H groups in total. The summed E-state index contributed by atoms with van der Waals surface area (Å²) in [7, 11) is 0. The van der Waals surface area contributed by atoms with Crippen LogP contribution in [-0.4, -0.2) is 28.6 Å². The van der Waals surface area contributed by atoms with Gasteiger partial charge in [-0.25, -0.2) is 0 Å². The van der Waals surface area contributed by atoms with Gasteiger partial charge in [-0.05, 0) is 18.9 Å². The Hall–Kier alpha value is -1.35. The van der Waals surface area contributed by atoms with E-state index >= 15 is 0 Å². The molecular formula is C12H15NO2. The monoisotopic (exact) mass is 205 g/mol. The van der Waals surface area contributed by atoms with Crippen LogP contribution in [0.5, 0.6) is 0 Å². The molecule has 1 fully saturated rings. The Morgan fingerprint density at radius 2 is 2.13 bits per heavy atom. The van der Waals surface area contributed by atoms with Crippen LogP contribution in [0.2, 0.25) is 0 Å². The molecule has 3 heteroatoms. The molecule has 0 spiro atoms. The summed E-state index contributed by atoms with van der Waals surface area (Å²) in [6, 6.07) is 9.94. The fourth-order valence-corrected chi connectivity index (χ4v) is 2.06. The lowest BCUT2D eigenvalue weighted by molar-refractivity contribution is -0.150. The molecule has 80 valence electrons. The van der Waals surface area contributed by atoms with Gasteiger partial charge in [-0.1, -0.05) is 30.3 Å². The number of likely N-dealkylation sites (tertiary alicyclic amines) is 1. The highest BCUT2D eigenvalue weighted by atomic mass is 16.4. The molecule has 1 aliphatic heterocycles. The first-order chi connectivity index (χ1) is 7.20. The Bertz CT molecular complexity index is 350. The third-order valence-electron chi connectivity index (χ3n) is 3.13. The van der Waals surface area contributed by atoms with Gasteiger partial charge in [0.15, 0.2) is 0 Å². The van der Waals surface area contributed by atoms with Gasteiger partial charge in [0.1, 0.15) is 6.04 Å². The molecule has 3 nitrogen and oxygen atoms in total. The van der Waals surface area contributed by atoms with Crippen molar-refractivity contribution < 1.29 is 9.90 Å². The summed E-state index contributed by atoms with van der Waals surface area (Å²) >= 11 is 0. The minimum Gasteiger partial charge on any atom is -0.480 e. The quantitative estimate of drug-likeness (QED) is 0.819. The molecule has 0 bridgehead atoms. The molecule has 15 heavy (non-hydrogen) atoms. The van der Waals surface area contributed by atoms with Crippen molar-refractivity contribution in [1.82, 2.24) is 4.90 Å². The van der Waals surface area contributed by atoms with E-state index in [-0.39, 0.29) is 12.1 Å². The van der Waals surface area contributed by atoms with Crippen molar-refractivity contribution >= 4 is 5.97 Å². The number of carboxylic acids is 1. The molecule has 2 rings (SSSR count). The normalized spacial score (nSPS) is 23.1. The lowest BCUT2D eigenvalue weighted by atomic mass is 9.96. The number of carbonyl (C=O) groups is 1. The van der Waals surface area contributed by atoms with Crippen LogP contribution in [-0.2, 0) is 4.79 Å². The lowest BCUT2D eigenvalue weighted by Crippen LogP contribution is -2.53. The number of aliphatic carboxylic acids is 1. The first kappa shape index (κ1) is 10.2. The van der Waals surface area contributed by atoms with Gasteiger partial charge in [0, 0.05) is 12.6 Å². The molecule has 0 unspecified atom stereocenters. The van der Waals surface area contributed by atoms with E-state index in [4.69, 9.17) is 5.11 Å². The van der Waals surface area contributed by atoms with E-state index in [0.717, 1.165) is 13.0 Å². The zero-order chi connectivity index (χ0) is 10.8. The maximum absolute atomic E-state index is 10.9. The van der Waals surface area contributed by atoms with Crippen molar-refractivity contribution in [1.29, 1.82) is 0 Å². The van der Waals surface area contributed by atoms with Gasteiger partial charge in [0.05, 0.1) is 0 Å². The van der Waals surface area contributed by atoms with Crippen LogP contribution in [0, 0.1) is 0 Å². The average Bonchev–Trinajstić information content (AvgIpc) is 2.16. The molecule has 0 amide bonds. The maximum atomic E-state index is 10.9. The van der Waals surface area contributed by atoms with E-state index in [2.05, 4.69) is 6.92 Å². The predicted octanol–water partition coefficient (Wildman–Crippen LogP) is 1.91. The molecule has 0 radical (unpaired) electrons. The molecule has 1 heterocycles. The minimum absolute atomic E-state index is 0.195. The van der Waals surface area contributed by atoms with Crippen molar-refractivity contribution in [3.63, 3.8) is 0 Å². The van der Waals surface area contributed by atoms with E-state index in [1.54, 1.807) is 0 Å². The second-order valence-electron chi connectivity index (χ2n) is 3.97. The third kappa shape index (κ3) is 1.88.